The molecule has 0 radical (unpaired) electrons. The van der Waals surface area contributed by atoms with E-state index in [-0.39, 0.29) is 30.8 Å². The van der Waals surface area contributed by atoms with E-state index in [1.807, 2.05) is 25.1 Å². The van der Waals surface area contributed by atoms with E-state index in [4.69, 9.17) is 18.5 Å². The van der Waals surface area contributed by atoms with Gasteiger partial charge in [-0.05, 0) is 45.4 Å². The Kier molecular flexibility index (Phi) is 11.4. The van der Waals surface area contributed by atoms with Gasteiger partial charge in [0, 0.05) is 19.2 Å². The van der Waals surface area contributed by atoms with Crippen LogP contribution in [0.1, 0.15) is 34.1 Å². The van der Waals surface area contributed by atoms with Gasteiger partial charge < -0.3 is 23.8 Å². The van der Waals surface area contributed by atoms with Crippen LogP contribution >= 0.6 is 8.53 Å². The zero-order chi connectivity index (χ0) is 25.1. The van der Waals surface area contributed by atoms with Crippen molar-refractivity contribution in [3.63, 3.8) is 0 Å². The lowest BCUT2D eigenvalue weighted by atomic mass is 10.1. The Bertz CT molecular complexity index is 824. The minimum absolute atomic E-state index is 0.00336. The van der Waals surface area contributed by atoms with Crippen LogP contribution in [0.15, 0.2) is 42.6 Å². The molecule has 0 aromatic heterocycles. The maximum Gasteiger partial charge on any atom is 0.323 e. The molecule has 1 fully saturated rings. The summed E-state index contributed by atoms with van der Waals surface area (Å²) in [6.45, 7) is 7.39. The van der Waals surface area contributed by atoms with Crippen LogP contribution < -0.4 is 14.9 Å². The topological polar surface area (TPSA) is 115 Å². The van der Waals surface area contributed by atoms with Crippen LogP contribution in [0.3, 0.4) is 0 Å². The number of benzene rings is 1. The quantitative estimate of drug-likeness (QED) is 0.196. The maximum atomic E-state index is 12.3. The van der Waals surface area contributed by atoms with Gasteiger partial charge in [-0.1, -0.05) is 25.1 Å². The summed E-state index contributed by atoms with van der Waals surface area (Å²) in [5.41, 5.74) is 0. The summed E-state index contributed by atoms with van der Waals surface area (Å²) in [5.74, 6) is 0.182. The van der Waals surface area contributed by atoms with Crippen LogP contribution in [-0.2, 0) is 23.6 Å². The Labute approximate surface area is 201 Å². The standard InChI is InChI=1S/C23H34N3O7P/c1-16(2)31-22(28)18(4)25-34(33-19-10-7-6-8-11-19)30-15-20-14-17(3)21(32-20)26(12-9-13-27)23(29)24-5/h6-13,16-18,20-21,25H,14-15H2,1-5H3,(H,24,29)/b12-9-/t17-,18-,20-,21+,34?/m0/s1. The second-order valence-corrected chi connectivity index (χ2v) is 9.31. The fraction of sp³-hybridized carbons (Fsp3) is 0.522. The van der Waals surface area contributed by atoms with Crippen molar-refractivity contribution in [1.29, 1.82) is 0 Å². The van der Waals surface area contributed by atoms with Gasteiger partial charge in [-0.3, -0.25) is 14.5 Å². The number of carbonyl (C=O) groups excluding carboxylic acids is 3. The zero-order valence-electron chi connectivity index (χ0n) is 20.2. The molecule has 2 amide bonds. The minimum Gasteiger partial charge on any atom is -0.462 e. The van der Waals surface area contributed by atoms with E-state index in [0.717, 1.165) is 0 Å². The van der Waals surface area contributed by atoms with Gasteiger partial charge in [-0.25, -0.2) is 9.88 Å². The zero-order valence-corrected chi connectivity index (χ0v) is 21.1. The van der Waals surface area contributed by atoms with Crippen molar-refractivity contribution >= 4 is 26.8 Å². The Hall–Kier alpha value is -2.52. The van der Waals surface area contributed by atoms with Crippen LogP contribution in [0.2, 0.25) is 0 Å². The lowest BCUT2D eigenvalue weighted by molar-refractivity contribution is -0.149. The van der Waals surface area contributed by atoms with Gasteiger partial charge in [0.1, 0.15) is 24.3 Å². The van der Waals surface area contributed by atoms with Gasteiger partial charge in [-0.15, -0.1) is 0 Å². The first-order valence-corrected chi connectivity index (χ1v) is 12.3. The first-order chi connectivity index (χ1) is 16.2. The van der Waals surface area contributed by atoms with E-state index in [1.165, 1.54) is 24.2 Å². The number of allylic oxidation sites excluding steroid dienone is 1. The number of para-hydroxylation sites is 1. The number of aldehydes is 1. The third-order valence-electron chi connectivity index (χ3n) is 4.81. The van der Waals surface area contributed by atoms with Crippen LogP contribution in [0.25, 0.3) is 0 Å². The number of rotatable bonds is 12. The third-order valence-corrected chi connectivity index (χ3v) is 6.17. The van der Waals surface area contributed by atoms with E-state index in [9.17, 15) is 14.4 Å². The van der Waals surface area contributed by atoms with Crippen molar-refractivity contribution in [1.82, 2.24) is 15.3 Å². The second kappa shape index (κ2) is 14.0. The molecule has 1 heterocycles. The van der Waals surface area contributed by atoms with Crippen molar-refractivity contribution in [2.45, 2.75) is 58.6 Å². The summed E-state index contributed by atoms with van der Waals surface area (Å²) in [6.07, 6.45) is 2.75. The smallest absolute Gasteiger partial charge is 0.323 e. The molecule has 1 aliphatic rings. The lowest BCUT2D eigenvalue weighted by Gasteiger charge is -2.28. The highest BCUT2D eigenvalue weighted by molar-refractivity contribution is 7.45. The highest BCUT2D eigenvalue weighted by Gasteiger charge is 2.38. The number of hydrogen-bond donors (Lipinski definition) is 2. The highest BCUT2D eigenvalue weighted by atomic mass is 31.2. The highest BCUT2D eigenvalue weighted by Crippen LogP contribution is 2.38. The summed E-state index contributed by atoms with van der Waals surface area (Å²) in [7, 11) is -0.193. The lowest BCUT2D eigenvalue weighted by Crippen LogP contribution is -2.44. The molecular formula is C23H34N3O7P. The molecule has 10 nitrogen and oxygen atoms in total. The molecule has 2 N–H and O–H groups in total. The molecule has 34 heavy (non-hydrogen) atoms. The van der Waals surface area contributed by atoms with E-state index in [0.29, 0.717) is 18.5 Å². The molecular weight excluding hydrogens is 461 g/mol. The molecule has 1 saturated heterocycles. The number of amides is 2. The molecule has 2 rings (SSSR count). The largest absolute Gasteiger partial charge is 0.462 e. The fourth-order valence-corrected chi connectivity index (χ4v) is 4.47. The number of ether oxygens (including phenoxy) is 2. The van der Waals surface area contributed by atoms with Crippen molar-refractivity contribution in [3.05, 3.63) is 42.6 Å². The molecule has 5 atom stereocenters. The molecule has 0 saturated carbocycles. The Morgan fingerprint density at radius 1 is 1.26 bits per heavy atom. The van der Waals surface area contributed by atoms with Gasteiger partial charge in [-0.2, -0.15) is 0 Å². The normalized spacial score (nSPS) is 21.8. The van der Waals surface area contributed by atoms with Crippen molar-refractivity contribution in [3.8, 4) is 5.75 Å². The molecule has 1 aromatic carbocycles. The van der Waals surface area contributed by atoms with Gasteiger partial charge >= 0.3 is 20.5 Å². The Morgan fingerprint density at radius 2 is 1.97 bits per heavy atom. The molecule has 0 bridgehead atoms. The predicted octanol–water partition coefficient (Wildman–Crippen LogP) is 3.34. The van der Waals surface area contributed by atoms with E-state index in [2.05, 4.69) is 10.4 Å². The first-order valence-electron chi connectivity index (χ1n) is 11.1. The van der Waals surface area contributed by atoms with Crippen LogP contribution in [0, 0.1) is 5.92 Å². The van der Waals surface area contributed by atoms with E-state index in [1.54, 1.807) is 32.9 Å². The number of hydrogen-bond acceptors (Lipinski definition) is 8. The number of urea groups is 1. The number of carbonyl (C=O) groups is 3. The minimum atomic E-state index is -1.70. The summed E-state index contributed by atoms with van der Waals surface area (Å²) >= 11 is 0. The molecule has 1 unspecified atom stereocenters. The average molecular weight is 496 g/mol. The van der Waals surface area contributed by atoms with E-state index < -0.39 is 26.8 Å². The van der Waals surface area contributed by atoms with Gasteiger partial charge in [0.15, 0.2) is 0 Å². The summed E-state index contributed by atoms with van der Waals surface area (Å²) in [5, 5.41) is 5.61. The second-order valence-electron chi connectivity index (χ2n) is 8.10. The SMILES string of the molecule is CNC(=O)N(/C=C\C=O)[C@@H]1O[C@H](COP(N[C@@H](C)C(=O)OC(C)C)Oc2ccccc2)C[C@@H]1C. The van der Waals surface area contributed by atoms with Gasteiger partial charge in [0.2, 0.25) is 0 Å². The van der Waals surface area contributed by atoms with Crippen molar-refractivity contribution in [2.24, 2.45) is 5.92 Å². The summed E-state index contributed by atoms with van der Waals surface area (Å²) < 4.78 is 23.3. The number of nitrogens with zero attached hydrogens (tertiary/aromatic N) is 1. The van der Waals surface area contributed by atoms with Crippen molar-refractivity contribution < 1.29 is 32.9 Å². The predicted molar refractivity (Wildman–Crippen MR) is 128 cm³/mol. The third kappa shape index (κ3) is 8.68. The van der Waals surface area contributed by atoms with Gasteiger partial charge in [0.25, 0.3) is 0 Å². The summed E-state index contributed by atoms with van der Waals surface area (Å²) in [4.78, 5) is 36.6. The molecule has 11 heteroatoms. The molecule has 1 aromatic rings. The van der Waals surface area contributed by atoms with Crippen LogP contribution in [-0.4, -0.2) is 61.3 Å². The number of nitrogens with one attached hydrogen (secondary N) is 2. The molecule has 0 spiro atoms. The molecule has 1 aliphatic heterocycles. The first kappa shape index (κ1) is 27.7. The fourth-order valence-electron chi connectivity index (χ4n) is 3.25. The Morgan fingerprint density at radius 3 is 2.59 bits per heavy atom. The van der Waals surface area contributed by atoms with Gasteiger partial charge in [0.05, 0.1) is 18.8 Å². The average Bonchev–Trinajstić information content (AvgIpc) is 3.17. The Balaban J connectivity index is 2.04. The summed E-state index contributed by atoms with van der Waals surface area (Å²) in [6, 6.07) is 8.11. The van der Waals surface area contributed by atoms with Crippen LogP contribution in [0.4, 0.5) is 4.79 Å². The van der Waals surface area contributed by atoms with E-state index >= 15 is 0 Å². The van der Waals surface area contributed by atoms with Crippen LogP contribution in [0.5, 0.6) is 5.75 Å². The maximum absolute atomic E-state index is 12.3. The molecule has 0 aliphatic carbocycles. The molecule has 188 valence electrons. The van der Waals surface area contributed by atoms with Crippen molar-refractivity contribution in [2.75, 3.05) is 13.7 Å². The monoisotopic (exact) mass is 495 g/mol. The number of esters is 1.